The van der Waals surface area contributed by atoms with E-state index in [2.05, 4.69) is 50.1 Å². The van der Waals surface area contributed by atoms with Crippen molar-refractivity contribution < 1.29 is 0 Å². The van der Waals surface area contributed by atoms with E-state index in [0.717, 1.165) is 23.8 Å². The maximum Gasteiger partial charge on any atom is 0.0223 e. The fourth-order valence-electron chi connectivity index (χ4n) is 4.58. The van der Waals surface area contributed by atoms with Gasteiger partial charge in [-0.15, -0.1) is 0 Å². The van der Waals surface area contributed by atoms with E-state index < -0.39 is 0 Å². The molecular weight excluding hydrogens is 246 g/mol. The molecule has 0 bridgehead atoms. The number of nitrogens with zero attached hydrogens (tertiary/aromatic N) is 2. The van der Waals surface area contributed by atoms with Gasteiger partial charge in [0.05, 0.1) is 0 Å². The van der Waals surface area contributed by atoms with Crippen LogP contribution in [-0.4, -0.2) is 62.7 Å². The lowest BCUT2D eigenvalue weighted by Gasteiger charge is -2.42. The first-order valence-electron chi connectivity index (χ1n) is 8.57. The third-order valence-electron chi connectivity index (χ3n) is 5.57. The first kappa shape index (κ1) is 16.3. The summed E-state index contributed by atoms with van der Waals surface area (Å²) < 4.78 is 0. The third-order valence-corrected chi connectivity index (χ3v) is 5.57. The predicted molar refractivity (Wildman–Crippen MR) is 87.0 cm³/mol. The number of nitrogens with one attached hydrogen (secondary N) is 1. The Morgan fingerprint density at radius 1 is 1.20 bits per heavy atom. The Morgan fingerprint density at radius 3 is 2.60 bits per heavy atom. The molecule has 2 fully saturated rings. The Bertz CT molecular complexity index is 292. The highest BCUT2D eigenvalue weighted by Crippen LogP contribution is 2.35. The molecule has 118 valence electrons. The molecule has 1 saturated carbocycles. The quantitative estimate of drug-likeness (QED) is 0.834. The molecule has 1 aliphatic carbocycles. The molecule has 0 aromatic heterocycles. The highest BCUT2D eigenvalue weighted by atomic mass is 15.2. The van der Waals surface area contributed by atoms with Gasteiger partial charge in [0.15, 0.2) is 0 Å². The van der Waals surface area contributed by atoms with Crippen LogP contribution in [0.1, 0.15) is 39.5 Å². The fourth-order valence-corrected chi connectivity index (χ4v) is 4.58. The second-order valence-corrected chi connectivity index (χ2v) is 7.67. The lowest BCUT2D eigenvalue weighted by molar-refractivity contribution is 0.0923. The van der Waals surface area contributed by atoms with Crippen molar-refractivity contribution in [3.63, 3.8) is 0 Å². The van der Waals surface area contributed by atoms with Gasteiger partial charge in [-0.1, -0.05) is 13.8 Å². The van der Waals surface area contributed by atoms with Gasteiger partial charge < -0.3 is 10.2 Å². The average molecular weight is 281 g/mol. The molecule has 1 N–H and O–H groups in total. The minimum Gasteiger partial charge on any atom is -0.317 e. The van der Waals surface area contributed by atoms with Crippen LogP contribution < -0.4 is 5.32 Å². The molecule has 5 atom stereocenters. The van der Waals surface area contributed by atoms with Crippen LogP contribution in [-0.2, 0) is 0 Å². The summed E-state index contributed by atoms with van der Waals surface area (Å²) >= 11 is 0. The van der Waals surface area contributed by atoms with Gasteiger partial charge in [-0.05, 0) is 71.1 Å². The van der Waals surface area contributed by atoms with Gasteiger partial charge in [-0.2, -0.15) is 0 Å². The molecule has 3 heteroatoms. The second kappa shape index (κ2) is 7.24. The van der Waals surface area contributed by atoms with Crippen molar-refractivity contribution in [3.05, 3.63) is 0 Å². The van der Waals surface area contributed by atoms with E-state index in [-0.39, 0.29) is 0 Å². The summed E-state index contributed by atoms with van der Waals surface area (Å²) in [5, 5.41) is 3.61. The number of rotatable bonds is 5. The van der Waals surface area contributed by atoms with Crippen molar-refractivity contribution in [3.8, 4) is 0 Å². The summed E-state index contributed by atoms with van der Waals surface area (Å²) in [5.41, 5.74) is 0. The molecule has 0 radical (unpaired) electrons. The monoisotopic (exact) mass is 281 g/mol. The van der Waals surface area contributed by atoms with E-state index in [1.165, 1.54) is 45.3 Å². The van der Waals surface area contributed by atoms with Crippen LogP contribution in [0.4, 0.5) is 0 Å². The molecule has 0 amide bonds. The molecule has 3 nitrogen and oxygen atoms in total. The van der Waals surface area contributed by atoms with Crippen LogP contribution in [0.5, 0.6) is 0 Å². The lowest BCUT2D eigenvalue weighted by Crippen LogP contribution is -2.50. The van der Waals surface area contributed by atoms with Gasteiger partial charge in [0.2, 0.25) is 0 Å². The van der Waals surface area contributed by atoms with Crippen molar-refractivity contribution in [2.75, 3.05) is 40.8 Å². The number of likely N-dealkylation sites (tertiary alicyclic amines) is 1. The van der Waals surface area contributed by atoms with Gasteiger partial charge in [-0.25, -0.2) is 0 Å². The van der Waals surface area contributed by atoms with Crippen LogP contribution in [0, 0.1) is 17.8 Å². The number of hydrogen-bond acceptors (Lipinski definition) is 3. The van der Waals surface area contributed by atoms with Gasteiger partial charge >= 0.3 is 0 Å². The van der Waals surface area contributed by atoms with Gasteiger partial charge in [0, 0.05) is 25.2 Å². The molecule has 20 heavy (non-hydrogen) atoms. The zero-order valence-corrected chi connectivity index (χ0v) is 14.2. The van der Waals surface area contributed by atoms with Crippen molar-refractivity contribution in [2.24, 2.45) is 17.8 Å². The Morgan fingerprint density at radius 2 is 1.95 bits per heavy atom. The van der Waals surface area contributed by atoms with Crippen molar-refractivity contribution in [1.82, 2.24) is 15.1 Å². The molecule has 1 heterocycles. The summed E-state index contributed by atoms with van der Waals surface area (Å²) in [4.78, 5) is 5.13. The van der Waals surface area contributed by atoms with E-state index in [1.54, 1.807) is 0 Å². The van der Waals surface area contributed by atoms with Crippen molar-refractivity contribution in [1.29, 1.82) is 0 Å². The van der Waals surface area contributed by atoms with Gasteiger partial charge in [-0.3, -0.25) is 4.90 Å². The van der Waals surface area contributed by atoms with Crippen LogP contribution in [0.25, 0.3) is 0 Å². The Kier molecular flexibility index (Phi) is 5.88. The molecule has 5 unspecified atom stereocenters. The summed E-state index contributed by atoms with van der Waals surface area (Å²) in [5.74, 6) is 2.57. The summed E-state index contributed by atoms with van der Waals surface area (Å²) in [6.45, 7) is 8.73. The second-order valence-electron chi connectivity index (χ2n) is 7.67. The Hall–Kier alpha value is -0.120. The summed E-state index contributed by atoms with van der Waals surface area (Å²) in [6, 6.07) is 1.50. The highest BCUT2D eigenvalue weighted by molar-refractivity contribution is 4.91. The minimum absolute atomic E-state index is 0.717. The Labute approximate surface area is 126 Å². The van der Waals surface area contributed by atoms with E-state index in [4.69, 9.17) is 0 Å². The smallest absolute Gasteiger partial charge is 0.0223 e. The van der Waals surface area contributed by atoms with Crippen molar-refractivity contribution in [2.45, 2.75) is 51.6 Å². The van der Waals surface area contributed by atoms with E-state index in [9.17, 15) is 0 Å². The zero-order valence-electron chi connectivity index (χ0n) is 14.2. The number of hydrogen-bond donors (Lipinski definition) is 1. The minimum atomic E-state index is 0.717. The van der Waals surface area contributed by atoms with Crippen LogP contribution in [0.2, 0.25) is 0 Å². The molecule has 0 aromatic rings. The van der Waals surface area contributed by atoms with E-state index in [1.807, 2.05) is 0 Å². The molecule has 2 rings (SSSR count). The predicted octanol–water partition coefficient (Wildman–Crippen LogP) is 2.28. The lowest BCUT2D eigenvalue weighted by atomic mass is 9.72. The Balaban J connectivity index is 1.96. The SMILES string of the molecule is CNC1CC(C)CC(C)C1CN1CCCC1CN(C)C. The highest BCUT2D eigenvalue weighted by Gasteiger charge is 2.36. The molecule has 1 aliphatic heterocycles. The van der Waals surface area contributed by atoms with Gasteiger partial charge in [0.25, 0.3) is 0 Å². The normalized spacial score (nSPS) is 39.6. The molecular formula is C17H35N3. The van der Waals surface area contributed by atoms with Crippen LogP contribution in [0.15, 0.2) is 0 Å². The molecule has 2 aliphatic rings. The summed E-state index contributed by atoms with van der Waals surface area (Å²) in [6.07, 6.45) is 5.55. The number of likely N-dealkylation sites (N-methyl/N-ethyl adjacent to an activating group) is 1. The van der Waals surface area contributed by atoms with E-state index in [0.29, 0.717) is 6.04 Å². The van der Waals surface area contributed by atoms with Crippen LogP contribution in [0.3, 0.4) is 0 Å². The maximum absolute atomic E-state index is 3.61. The molecule has 1 saturated heterocycles. The fraction of sp³-hybridized carbons (Fsp3) is 1.00. The zero-order chi connectivity index (χ0) is 14.7. The van der Waals surface area contributed by atoms with Crippen LogP contribution >= 0.6 is 0 Å². The molecule has 0 aromatic carbocycles. The first-order valence-corrected chi connectivity index (χ1v) is 8.57. The summed E-state index contributed by atoms with van der Waals surface area (Å²) in [7, 11) is 6.57. The van der Waals surface area contributed by atoms with E-state index >= 15 is 0 Å². The topological polar surface area (TPSA) is 18.5 Å². The standard InChI is InChI=1S/C17H35N3/c1-13-9-14(2)16(17(10-13)18-3)12-20-8-6-7-15(20)11-19(4)5/h13-18H,6-12H2,1-5H3. The van der Waals surface area contributed by atoms with Gasteiger partial charge in [0.1, 0.15) is 0 Å². The molecule has 0 spiro atoms. The van der Waals surface area contributed by atoms with Crippen molar-refractivity contribution >= 4 is 0 Å². The largest absolute Gasteiger partial charge is 0.317 e. The first-order chi connectivity index (χ1) is 9.51. The average Bonchev–Trinajstić information content (AvgIpc) is 2.78. The third kappa shape index (κ3) is 3.96. The maximum atomic E-state index is 3.61.